The molecule has 4 heteroatoms. The van der Waals surface area contributed by atoms with Gasteiger partial charge >= 0.3 is 0 Å². The molecule has 9 aromatic carbocycles. The van der Waals surface area contributed by atoms with Crippen LogP contribution < -0.4 is 26.2 Å². The van der Waals surface area contributed by atoms with Gasteiger partial charge in [-0.15, -0.1) is 0 Å². The second-order valence-corrected chi connectivity index (χ2v) is 18.3. The van der Waals surface area contributed by atoms with Crippen molar-refractivity contribution < 1.29 is 11.0 Å². The molecule has 3 nitrogen and oxygen atoms in total. The standard InChI is InChI=1S/C62H48BN3/c1-3-18-41(19-4-1)50-36-43-22-7-9-24-45(43)38-59(50)65-56-31-16-13-28-52(56)63-53-35-34-47(64-54-29-14-11-26-48(54)49-27-12-15-30-55(49)64)40-61(53)66(58-33-17-32-57(65)62(58)63)60-39-46-25-10-8-23-44(46)37-51(60)42-20-5-2-6-21-42/h1-6,11-21,26-40H,7-10,22-25H2/i11D,12D,14D,15D,26D,27D,29D,30D. The number of anilines is 6. The number of fused-ring (bicyclic) bond motifs is 9. The van der Waals surface area contributed by atoms with Crippen molar-refractivity contribution in [3.8, 4) is 27.9 Å². The second-order valence-electron chi connectivity index (χ2n) is 18.3. The van der Waals surface area contributed by atoms with Crippen molar-refractivity contribution in [2.24, 2.45) is 0 Å². The van der Waals surface area contributed by atoms with Crippen LogP contribution in [0.2, 0.25) is 0 Å². The summed E-state index contributed by atoms with van der Waals surface area (Å²) in [6, 6.07) is 49.5. The summed E-state index contributed by atoms with van der Waals surface area (Å²) >= 11 is 0. The van der Waals surface area contributed by atoms with Crippen LogP contribution in [0.5, 0.6) is 0 Å². The molecule has 0 saturated heterocycles. The lowest BCUT2D eigenvalue weighted by Gasteiger charge is -2.45. The highest BCUT2D eigenvalue weighted by atomic mass is 15.2. The molecule has 1 aromatic heterocycles. The van der Waals surface area contributed by atoms with Crippen LogP contribution in [-0.4, -0.2) is 11.3 Å². The summed E-state index contributed by atoms with van der Waals surface area (Å²) in [5.41, 5.74) is 20.3. The number of aryl methyl sites for hydroxylation is 4. The zero-order valence-electron chi connectivity index (χ0n) is 44.4. The van der Waals surface area contributed by atoms with E-state index in [1.807, 2.05) is 12.1 Å². The minimum absolute atomic E-state index is 0.0574. The fourth-order valence-corrected chi connectivity index (χ4v) is 11.8. The second kappa shape index (κ2) is 15.0. The Kier molecular flexibility index (Phi) is 6.95. The third-order valence-corrected chi connectivity index (χ3v) is 14.7. The summed E-state index contributed by atoms with van der Waals surface area (Å²) in [4.78, 5) is 4.91. The van der Waals surface area contributed by atoms with Gasteiger partial charge in [0, 0.05) is 50.3 Å². The monoisotopic (exact) mass is 853 g/mol. The van der Waals surface area contributed by atoms with Gasteiger partial charge in [-0.05, 0) is 168 Å². The molecule has 0 N–H and O–H groups in total. The van der Waals surface area contributed by atoms with Crippen LogP contribution in [0.25, 0.3) is 49.7 Å². The van der Waals surface area contributed by atoms with Crippen molar-refractivity contribution >= 4 is 79.0 Å². The molecule has 0 saturated carbocycles. The maximum absolute atomic E-state index is 9.41. The lowest BCUT2D eigenvalue weighted by molar-refractivity contribution is 0.686. The molecule has 2 aliphatic heterocycles. The largest absolute Gasteiger partial charge is 0.311 e. The van der Waals surface area contributed by atoms with E-state index < -0.39 is 24.2 Å². The van der Waals surface area contributed by atoms with E-state index in [0.717, 1.165) is 101 Å². The summed E-state index contributed by atoms with van der Waals surface area (Å²) in [6.07, 6.45) is 8.63. The Morgan fingerprint density at radius 2 is 0.864 bits per heavy atom. The summed E-state index contributed by atoms with van der Waals surface area (Å²) in [7, 11) is 0. The first-order valence-corrected chi connectivity index (χ1v) is 23.5. The van der Waals surface area contributed by atoms with Crippen LogP contribution in [-0.2, 0) is 25.7 Å². The van der Waals surface area contributed by atoms with Gasteiger partial charge in [-0.3, -0.25) is 0 Å². The number of rotatable bonds is 5. The van der Waals surface area contributed by atoms with Gasteiger partial charge < -0.3 is 14.4 Å². The lowest BCUT2D eigenvalue weighted by atomic mass is 9.33. The van der Waals surface area contributed by atoms with E-state index in [1.54, 1.807) is 4.57 Å². The molecule has 0 bridgehead atoms. The molecule has 0 radical (unpaired) electrons. The molecular weight excluding hydrogens is 798 g/mol. The van der Waals surface area contributed by atoms with E-state index in [9.17, 15) is 5.48 Å². The lowest BCUT2D eigenvalue weighted by Crippen LogP contribution is -2.61. The zero-order valence-corrected chi connectivity index (χ0v) is 36.4. The van der Waals surface area contributed by atoms with Crippen LogP contribution >= 0.6 is 0 Å². The third kappa shape index (κ3) is 5.70. The van der Waals surface area contributed by atoms with Crippen molar-refractivity contribution in [1.82, 2.24) is 4.57 Å². The van der Waals surface area contributed by atoms with Crippen molar-refractivity contribution in [2.45, 2.75) is 51.4 Å². The molecule has 314 valence electrons. The van der Waals surface area contributed by atoms with E-state index in [0.29, 0.717) is 5.69 Å². The van der Waals surface area contributed by atoms with Gasteiger partial charge in [0.15, 0.2) is 0 Å². The third-order valence-electron chi connectivity index (χ3n) is 14.7. The Morgan fingerprint density at radius 1 is 0.394 bits per heavy atom. The molecule has 0 spiro atoms. The summed E-state index contributed by atoms with van der Waals surface area (Å²) in [6.45, 7) is -0.239. The van der Waals surface area contributed by atoms with E-state index in [4.69, 9.17) is 5.48 Å². The number of hydrogen-bond acceptors (Lipinski definition) is 2. The minimum Gasteiger partial charge on any atom is -0.311 e. The number of benzene rings is 9. The van der Waals surface area contributed by atoms with Crippen LogP contribution in [0.1, 0.15) is 58.9 Å². The number of para-hydroxylation sites is 3. The Hall–Kier alpha value is -7.56. The van der Waals surface area contributed by atoms with Gasteiger partial charge in [-0.1, -0.05) is 127 Å². The maximum atomic E-state index is 9.41. The van der Waals surface area contributed by atoms with Crippen LogP contribution in [0.4, 0.5) is 34.1 Å². The van der Waals surface area contributed by atoms with E-state index in [2.05, 4.69) is 143 Å². The van der Waals surface area contributed by atoms with Crippen molar-refractivity contribution in [3.63, 3.8) is 0 Å². The number of aromatic nitrogens is 1. The van der Waals surface area contributed by atoms with Gasteiger partial charge in [0.25, 0.3) is 6.71 Å². The highest BCUT2D eigenvalue weighted by molar-refractivity contribution is 7.00. The molecule has 0 amide bonds. The van der Waals surface area contributed by atoms with E-state index >= 15 is 0 Å². The first-order valence-electron chi connectivity index (χ1n) is 27.5. The fourth-order valence-electron chi connectivity index (χ4n) is 11.8. The summed E-state index contributed by atoms with van der Waals surface area (Å²) < 4.78 is 74.1. The molecular formula is C62H48BN3. The predicted octanol–water partition coefficient (Wildman–Crippen LogP) is 14.0. The normalized spacial score (nSPS) is 16.4. The van der Waals surface area contributed by atoms with E-state index in [-0.39, 0.29) is 52.7 Å². The van der Waals surface area contributed by atoms with Crippen LogP contribution in [0, 0.1) is 0 Å². The van der Waals surface area contributed by atoms with Gasteiger partial charge in [-0.2, -0.15) is 0 Å². The highest BCUT2D eigenvalue weighted by Crippen LogP contribution is 2.50. The molecule has 0 unspecified atom stereocenters. The summed E-state index contributed by atoms with van der Waals surface area (Å²) in [5.74, 6) is 0. The van der Waals surface area contributed by atoms with E-state index in [1.165, 1.54) is 45.3 Å². The molecule has 0 fully saturated rings. The zero-order chi connectivity index (χ0) is 50.3. The van der Waals surface area contributed by atoms with Crippen molar-refractivity contribution in [3.05, 3.63) is 216 Å². The molecule has 10 aromatic rings. The molecule has 66 heavy (non-hydrogen) atoms. The Morgan fingerprint density at radius 3 is 1.44 bits per heavy atom. The van der Waals surface area contributed by atoms with Gasteiger partial charge in [0.05, 0.1) is 33.4 Å². The SMILES string of the molecule is [2H]c1c([2H])c([2H])c2c(c1[2H])c1c([2H])c([2H])c([2H])c([2H])c1n2-c1ccc2c(c1)N(c1cc3c(cc1-c1ccccc1)CCCC3)c1cccc3c1B2c1ccccc1N3c1cc2c(cc1-c1ccccc1)CCCC2. The molecule has 2 aliphatic carbocycles. The number of nitrogens with zero attached hydrogens (tertiary/aromatic N) is 3. The van der Waals surface area contributed by atoms with Gasteiger partial charge in [0.2, 0.25) is 0 Å². The fraction of sp³-hybridized carbons (Fsp3) is 0.129. The van der Waals surface area contributed by atoms with Gasteiger partial charge in [-0.25, -0.2) is 0 Å². The molecule has 3 heterocycles. The predicted molar refractivity (Wildman–Crippen MR) is 279 cm³/mol. The molecule has 0 atom stereocenters. The Balaban J connectivity index is 1.10. The first kappa shape index (κ1) is 30.6. The molecule has 14 rings (SSSR count). The smallest absolute Gasteiger partial charge is 0.252 e. The molecule has 4 aliphatic rings. The van der Waals surface area contributed by atoms with Crippen molar-refractivity contribution in [2.75, 3.05) is 9.80 Å². The first-order chi connectivity index (χ1) is 36.1. The maximum Gasteiger partial charge on any atom is 0.252 e. The van der Waals surface area contributed by atoms with Gasteiger partial charge in [0.1, 0.15) is 0 Å². The summed E-state index contributed by atoms with van der Waals surface area (Å²) in [5, 5.41) is 0.115. The van der Waals surface area contributed by atoms with Crippen LogP contribution in [0.3, 0.4) is 0 Å². The number of hydrogen-bond donors (Lipinski definition) is 0. The minimum atomic E-state index is -0.463. The highest BCUT2D eigenvalue weighted by Gasteiger charge is 2.44. The Labute approximate surface area is 398 Å². The Bertz CT molecular complexity index is 3970. The topological polar surface area (TPSA) is 11.4 Å². The average Bonchev–Trinajstić information content (AvgIpc) is 3.97. The quantitative estimate of drug-likeness (QED) is 0.160. The average molecular weight is 854 g/mol. The van der Waals surface area contributed by atoms with Crippen molar-refractivity contribution in [1.29, 1.82) is 0 Å². The van der Waals surface area contributed by atoms with Crippen LogP contribution in [0.15, 0.2) is 194 Å².